The Morgan fingerprint density at radius 3 is 2.67 bits per heavy atom. The smallest absolute Gasteiger partial charge is 0.318 e. The van der Waals surface area contributed by atoms with Crippen molar-refractivity contribution in [1.82, 2.24) is 20.1 Å². The van der Waals surface area contributed by atoms with Crippen LogP contribution in [0.5, 0.6) is 5.75 Å². The predicted octanol–water partition coefficient (Wildman–Crippen LogP) is 2.45. The topological polar surface area (TPSA) is 112 Å². The number of allylic oxidation sites excluding steroid dienone is 1. The summed E-state index contributed by atoms with van der Waals surface area (Å²) >= 11 is 1.22. The average Bonchev–Trinajstić information content (AvgIpc) is 3.01. The molecule has 2 aromatic rings. The molecule has 0 unspecified atom stereocenters. The van der Waals surface area contributed by atoms with E-state index in [4.69, 9.17) is 10.5 Å². The van der Waals surface area contributed by atoms with Crippen LogP contribution < -0.4 is 15.8 Å². The Morgan fingerprint density at radius 2 is 2.07 bits per heavy atom. The third-order valence-corrected chi connectivity index (χ3v) is 5.24. The van der Waals surface area contributed by atoms with E-state index in [0.29, 0.717) is 23.3 Å². The molecule has 1 atom stereocenters. The minimum absolute atomic E-state index is 0.0575. The van der Waals surface area contributed by atoms with Gasteiger partial charge in [-0.15, -0.1) is 16.8 Å². The zero-order chi connectivity index (χ0) is 20.0. The summed E-state index contributed by atoms with van der Waals surface area (Å²) < 4.78 is 7.26. The number of carbonyl (C=O) groups is 2. The molecular weight excluding hydrogens is 366 g/mol. The minimum Gasteiger partial charge on any atom is -0.496 e. The fourth-order valence-electron chi connectivity index (χ4n) is 2.50. The third kappa shape index (κ3) is 4.88. The van der Waals surface area contributed by atoms with Crippen molar-refractivity contribution in [2.24, 2.45) is 11.7 Å². The average molecular weight is 389 g/mol. The molecule has 0 saturated carbocycles. The Kier molecular flexibility index (Phi) is 7.00. The SMILES string of the molecule is C=CCn1c(S[C@@H](C(=O)NC(N)=O)C(C)C)nnc1-c1ccccc1OC. The first-order chi connectivity index (χ1) is 12.9. The highest BCUT2D eigenvalue weighted by Gasteiger charge is 2.28. The second-order valence-electron chi connectivity index (χ2n) is 6.04. The normalized spacial score (nSPS) is 11.9. The summed E-state index contributed by atoms with van der Waals surface area (Å²) in [4.78, 5) is 23.4. The van der Waals surface area contributed by atoms with Gasteiger partial charge in [0.25, 0.3) is 0 Å². The number of nitrogens with two attached hydrogens (primary N) is 1. The number of ether oxygens (including phenoxy) is 1. The number of hydrogen-bond donors (Lipinski definition) is 2. The van der Waals surface area contributed by atoms with Crippen LogP contribution in [0.3, 0.4) is 0 Å². The van der Waals surface area contributed by atoms with Gasteiger partial charge < -0.3 is 10.5 Å². The van der Waals surface area contributed by atoms with Gasteiger partial charge in [-0.25, -0.2) is 4.79 Å². The lowest BCUT2D eigenvalue weighted by atomic mass is 10.1. The van der Waals surface area contributed by atoms with Crippen molar-refractivity contribution < 1.29 is 14.3 Å². The summed E-state index contributed by atoms with van der Waals surface area (Å²) in [6, 6.07) is 6.60. The van der Waals surface area contributed by atoms with Gasteiger partial charge in [-0.2, -0.15) is 0 Å². The Morgan fingerprint density at radius 1 is 1.37 bits per heavy atom. The van der Waals surface area contributed by atoms with Crippen LogP contribution >= 0.6 is 11.8 Å². The van der Waals surface area contributed by atoms with Gasteiger partial charge in [0.2, 0.25) is 5.91 Å². The summed E-state index contributed by atoms with van der Waals surface area (Å²) in [5.74, 6) is 0.749. The molecule has 27 heavy (non-hydrogen) atoms. The number of thioether (sulfide) groups is 1. The third-order valence-electron chi connectivity index (χ3n) is 3.72. The first-order valence-electron chi connectivity index (χ1n) is 8.33. The van der Waals surface area contributed by atoms with Gasteiger partial charge in [-0.1, -0.05) is 43.8 Å². The Balaban J connectivity index is 2.42. The van der Waals surface area contributed by atoms with Crippen LogP contribution in [0.25, 0.3) is 11.4 Å². The van der Waals surface area contributed by atoms with Crippen LogP contribution in [0.2, 0.25) is 0 Å². The molecule has 0 bridgehead atoms. The second-order valence-corrected chi connectivity index (χ2v) is 7.15. The van der Waals surface area contributed by atoms with E-state index in [-0.39, 0.29) is 5.92 Å². The molecule has 2 rings (SSSR count). The summed E-state index contributed by atoms with van der Waals surface area (Å²) in [6.45, 7) is 8.00. The zero-order valence-electron chi connectivity index (χ0n) is 15.5. The van der Waals surface area contributed by atoms with Crippen molar-refractivity contribution in [2.75, 3.05) is 7.11 Å². The van der Waals surface area contributed by atoms with E-state index in [2.05, 4.69) is 22.1 Å². The molecule has 0 saturated heterocycles. The highest BCUT2D eigenvalue weighted by Crippen LogP contribution is 2.33. The molecule has 1 heterocycles. The lowest BCUT2D eigenvalue weighted by Gasteiger charge is -2.18. The number of amides is 3. The van der Waals surface area contributed by atoms with Crippen LogP contribution in [-0.2, 0) is 11.3 Å². The summed E-state index contributed by atoms with van der Waals surface area (Å²) in [7, 11) is 1.59. The molecule has 3 N–H and O–H groups in total. The molecule has 0 aliphatic heterocycles. The fourth-order valence-corrected chi connectivity index (χ4v) is 3.54. The number of nitrogens with zero attached hydrogens (tertiary/aromatic N) is 3. The summed E-state index contributed by atoms with van der Waals surface area (Å²) in [6.07, 6.45) is 1.72. The van der Waals surface area contributed by atoms with Crippen LogP contribution in [0.15, 0.2) is 42.1 Å². The van der Waals surface area contributed by atoms with Gasteiger partial charge in [0.1, 0.15) is 5.75 Å². The highest BCUT2D eigenvalue weighted by atomic mass is 32.2. The molecule has 8 nitrogen and oxygen atoms in total. The number of rotatable bonds is 8. The molecule has 1 aromatic heterocycles. The number of benzene rings is 1. The molecule has 3 amide bonds. The molecule has 0 fully saturated rings. The Bertz CT molecular complexity index is 834. The predicted molar refractivity (Wildman–Crippen MR) is 104 cm³/mol. The van der Waals surface area contributed by atoms with Gasteiger partial charge in [-0.05, 0) is 18.1 Å². The number of nitrogens with one attached hydrogen (secondary N) is 1. The van der Waals surface area contributed by atoms with Gasteiger partial charge >= 0.3 is 6.03 Å². The Labute approximate surface area is 162 Å². The van der Waals surface area contributed by atoms with Gasteiger partial charge in [0.15, 0.2) is 11.0 Å². The summed E-state index contributed by atoms with van der Waals surface area (Å²) in [5, 5.41) is 10.6. The van der Waals surface area contributed by atoms with E-state index in [1.54, 1.807) is 13.2 Å². The fraction of sp³-hybridized carbons (Fsp3) is 0.333. The van der Waals surface area contributed by atoms with Gasteiger partial charge in [0.05, 0.1) is 17.9 Å². The van der Waals surface area contributed by atoms with Crippen molar-refractivity contribution in [1.29, 1.82) is 0 Å². The van der Waals surface area contributed by atoms with E-state index in [9.17, 15) is 9.59 Å². The van der Waals surface area contributed by atoms with E-state index < -0.39 is 17.2 Å². The number of methoxy groups -OCH3 is 1. The van der Waals surface area contributed by atoms with Crippen molar-refractivity contribution in [2.45, 2.75) is 30.8 Å². The summed E-state index contributed by atoms with van der Waals surface area (Å²) in [5.41, 5.74) is 5.86. The molecule has 0 aliphatic carbocycles. The van der Waals surface area contributed by atoms with Gasteiger partial charge in [0, 0.05) is 6.54 Å². The number of hydrogen-bond acceptors (Lipinski definition) is 6. The maximum atomic E-state index is 12.3. The Hall–Kier alpha value is -2.81. The monoisotopic (exact) mass is 389 g/mol. The molecule has 0 aliphatic rings. The van der Waals surface area contributed by atoms with Crippen molar-refractivity contribution in [3.05, 3.63) is 36.9 Å². The quantitative estimate of drug-likeness (QED) is 0.530. The number of urea groups is 1. The maximum absolute atomic E-state index is 12.3. The number of imide groups is 1. The molecule has 1 aromatic carbocycles. The van der Waals surface area contributed by atoms with Crippen molar-refractivity contribution in [3.63, 3.8) is 0 Å². The second kappa shape index (κ2) is 9.22. The van der Waals surface area contributed by atoms with E-state index >= 15 is 0 Å². The molecule has 144 valence electrons. The van der Waals surface area contributed by atoms with Crippen LogP contribution in [0.4, 0.5) is 4.79 Å². The van der Waals surface area contributed by atoms with E-state index in [0.717, 1.165) is 5.56 Å². The number of aromatic nitrogens is 3. The van der Waals surface area contributed by atoms with E-state index in [1.165, 1.54) is 11.8 Å². The molecule has 0 radical (unpaired) electrons. The molecular formula is C18H23N5O3S. The van der Waals surface area contributed by atoms with Crippen molar-refractivity contribution >= 4 is 23.7 Å². The molecule has 0 spiro atoms. The zero-order valence-corrected chi connectivity index (χ0v) is 16.3. The number of para-hydroxylation sites is 1. The lowest BCUT2D eigenvalue weighted by molar-refractivity contribution is -0.120. The van der Waals surface area contributed by atoms with Crippen LogP contribution in [0.1, 0.15) is 13.8 Å². The lowest BCUT2D eigenvalue weighted by Crippen LogP contribution is -2.42. The van der Waals surface area contributed by atoms with Gasteiger partial charge in [-0.3, -0.25) is 14.7 Å². The van der Waals surface area contributed by atoms with Crippen LogP contribution in [-0.4, -0.2) is 39.1 Å². The highest BCUT2D eigenvalue weighted by molar-refractivity contribution is 8.00. The minimum atomic E-state index is -0.881. The standard InChI is InChI=1S/C18H23N5O3S/c1-5-10-23-15(12-8-6-7-9-13(12)26-4)21-22-18(23)27-14(11(2)3)16(24)20-17(19)25/h5-9,11,14H,1,10H2,2-4H3,(H3,19,20,24,25)/t14-/m1/s1. The van der Waals surface area contributed by atoms with Crippen LogP contribution in [0, 0.1) is 5.92 Å². The van der Waals surface area contributed by atoms with E-state index in [1.807, 2.05) is 42.7 Å². The first-order valence-corrected chi connectivity index (χ1v) is 9.21. The maximum Gasteiger partial charge on any atom is 0.318 e. The number of primary amides is 1. The number of carbonyl (C=O) groups excluding carboxylic acids is 2. The van der Waals surface area contributed by atoms with Crippen molar-refractivity contribution in [3.8, 4) is 17.1 Å². The largest absolute Gasteiger partial charge is 0.496 e. The first kappa shape index (κ1) is 20.5. The molecule has 9 heteroatoms.